The van der Waals surface area contributed by atoms with E-state index in [0.717, 1.165) is 42.9 Å². The molecule has 2 aliphatic rings. The highest BCUT2D eigenvalue weighted by molar-refractivity contribution is 6.76. The molecule has 4 unspecified atom stereocenters. The van der Waals surface area contributed by atoms with Crippen LogP contribution < -0.4 is 16.8 Å². The number of hydrogen-bond acceptors (Lipinski definition) is 8. The van der Waals surface area contributed by atoms with E-state index in [1.807, 2.05) is 60.7 Å². The predicted molar refractivity (Wildman–Crippen MR) is 212 cm³/mol. The smallest absolute Gasteiger partial charge is 0.314 e. The summed E-state index contributed by atoms with van der Waals surface area (Å²) in [6, 6.07) is 20.6. The number of amides is 4. The number of benzene rings is 2. The van der Waals surface area contributed by atoms with Crippen molar-refractivity contribution in [1.29, 1.82) is 0 Å². The number of carbonyl (C=O) groups is 4. The Bertz CT molecular complexity index is 1920. The van der Waals surface area contributed by atoms with E-state index in [1.165, 1.54) is 6.20 Å². The molecule has 0 aliphatic carbocycles. The minimum absolute atomic E-state index is 0.0417. The summed E-state index contributed by atoms with van der Waals surface area (Å²) >= 11 is 0. The number of rotatable bonds is 8. The molecule has 4 amide bonds. The van der Waals surface area contributed by atoms with Crippen molar-refractivity contribution in [2.75, 3.05) is 30.7 Å². The van der Waals surface area contributed by atoms with E-state index in [2.05, 4.69) is 48.9 Å². The van der Waals surface area contributed by atoms with Crippen LogP contribution in [0.1, 0.15) is 62.7 Å². The van der Waals surface area contributed by atoms with E-state index in [0.29, 0.717) is 48.0 Å². The first-order valence-electron chi connectivity index (χ1n) is 18.8. The van der Waals surface area contributed by atoms with Crippen LogP contribution in [0.15, 0.2) is 73.1 Å². The molecular formula is C40H54N8O5Si. The monoisotopic (exact) mass is 754 g/mol. The van der Waals surface area contributed by atoms with Gasteiger partial charge >= 0.3 is 23.6 Å². The average Bonchev–Trinajstić information content (AvgIpc) is 3.59. The van der Waals surface area contributed by atoms with Gasteiger partial charge in [-0.1, -0.05) is 94.2 Å². The average molecular weight is 755 g/mol. The van der Waals surface area contributed by atoms with Crippen molar-refractivity contribution in [3.63, 3.8) is 0 Å². The fourth-order valence-corrected chi connectivity index (χ4v) is 8.19. The zero-order valence-electron chi connectivity index (χ0n) is 32.0. The maximum atomic E-state index is 13.4. The number of pyridine rings is 1. The number of hydrogen-bond donors (Lipinski definition) is 3. The molecule has 288 valence electrons. The number of nitrogens with one attached hydrogen (secondary N) is 1. The number of nitrogen functional groups attached to an aromatic ring is 1. The molecule has 0 bridgehead atoms. The maximum Gasteiger partial charge on any atom is 0.314 e. The molecule has 2 saturated heterocycles. The lowest BCUT2D eigenvalue weighted by Crippen LogP contribution is -2.47. The number of fused-ring (bicyclic) bond motifs is 1. The Hall–Kier alpha value is -5.08. The van der Waals surface area contributed by atoms with Crippen LogP contribution in [0.25, 0.3) is 10.9 Å². The molecule has 5 N–H and O–H groups in total. The van der Waals surface area contributed by atoms with Crippen molar-refractivity contribution in [2.24, 2.45) is 17.6 Å². The van der Waals surface area contributed by atoms with Gasteiger partial charge in [-0.15, -0.1) is 0 Å². The highest BCUT2D eigenvalue weighted by Gasteiger charge is 2.37. The summed E-state index contributed by atoms with van der Waals surface area (Å²) < 4.78 is 7.51. The van der Waals surface area contributed by atoms with Crippen LogP contribution >= 0.6 is 0 Å². The molecule has 4 aromatic rings. The van der Waals surface area contributed by atoms with Crippen LogP contribution in [0.4, 0.5) is 11.5 Å². The van der Waals surface area contributed by atoms with Crippen molar-refractivity contribution >= 4 is 54.1 Å². The van der Waals surface area contributed by atoms with Crippen LogP contribution in [0.3, 0.4) is 0 Å². The van der Waals surface area contributed by atoms with Crippen LogP contribution in [0.5, 0.6) is 0 Å². The highest BCUT2D eigenvalue weighted by Crippen LogP contribution is 2.37. The van der Waals surface area contributed by atoms with E-state index in [4.69, 9.17) is 16.2 Å². The number of likely N-dealkylation sites (tertiary alicyclic amines) is 2. The number of nitrogens with zero attached hydrogens (tertiary/aromatic N) is 5. The Morgan fingerprint density at radius 2 is 1.37 bits per heavy atom. The van der Waals surface area contributed by atoms with Crippen molar-refractivity contribution in [3.05, 3.63) is 84.2 Å². The lowest BCUT2D eigenvalue weighted by Gasteiger charge is -2.40. The first kappa shape index (κ1) is 40.1. The number of nitrogens with two attached hydrogens (primary N) is 2. The standard InChI is InChI=1S/C26H36N6O3Si.C14H18N2O2/c1-18-9-8-12-31(22(18)19-10-6-5-7-11-19)26(34)25(33)30-21-16-28-24(27)20-15-29-32(23(20)21)17-35-13-14-36(2,3)4;1-10-6-5-9-16(14(18)13(15)17)12(10)11-7-3-2-4-8-11/h5-7,10-11,15-16,18,22H,8-9,12-14,17H2,1-4H3,(H2,27,28)(H,30,33);2-4,7-8,10,12H,5-6,9H2,1H3,(H2,15,17). The molecule has 54 heavy (non-hydrogen) atoms. The Balaban J connectivity index is 0.000000260. The van der Waals surface area contributed by atoms with Gasteiger partial charge < -0.3 is 31.3 Å². The van der Waals surface area contributed by atoms with Gasteiger partial charge in [0.15, 0.2) is 0 Å². The van der Waals surface area contributed by atoms with Gasteiger partial charge in [0.1, 0.15) is 12.5 Å². The molecular weight excluding hydrogens is 701 g/mol. The number of anilines is 2. The summed E-state index contributed by atoms with van der Waals surface area (Å²) in [6.45, 7) is 13.1. The molecule has 6 rings (SSSR count). The molecule has 4 heterocycles. The second-order valence-corrected chi connectivity index (χ2v) is 21.2. The lowest BCUT2D eigenvalue weighted by molar-refractivity contribution is -0.147. The number of ether oxygens (including phenoxy) is 1. The third-order valence-corrected chi connectivity index (χ3v) is 11.9. The summed E-state index contributed by atoms with van der Waals surface area (Å²) in [5.41, 5.74) is 14.3. The van der Waals surface area contributed by atoms with E-state index < -0.39 is 31.7 Å². The Labute approximate surface area is 318 Å². The van der Waals surface area contributed by atoms with Crippen LogP contribution in [0, 0.1) is 11.8 Å². The molecule has 0 radical (unpaired) electrons. The summed E-state index contributed by atoms with van der Waals surface area (Å²) in [5, 5.41) is 7.77. The van der Waals surface area contributed by atoms with Crippen molar-refractivity contribution < 1.29 is 23.9 Å². The Kier molecular flexibility index (Phi) is 13.2. The molecule has 0 saturated carbocycles. The highest BCUT2D eigenvalue weighted by atomic mass is 28.3. The van der Waals surface area contributed by atoms with Gasteiger partial charge in [-0.25, -0.2) is 9.67 Å². The van der Waals surface area contributed by atoms with E-state index >= 15 is 0 Å². The molecule has 0 spiro atoms. The quantitative estimate of drug-likeness (QED) is 0.116. The maximum absolute atomic E-state index is 13.4. The van der Waals surface area contributed by atoms with Crippen molar-refractivity contribution in [3.8, 4) is 0 Å². The molecule has 2 aliphatic heterocycles. The number of aromatic nitrogens is 3. The molecule has 2 aromatic carbocycles. The molecule has 14 heteroatoms. The third-order valence-electron chi connectivity index (χ3n) is 10.2. The summed E-state index contributed by atoms with van der Waals surface area (Å²) in [6.07, 6.45) is 6.92. The minimum atomic E-state index is -1.22. The normalized spacial score (nSPS) is 20.2. The van der Waals surface area contributed by atoms with Crippen molar-refractivity contribution in [1.82, 2.24) is 24.6 Å². The molecule has 13 nitrogen and oxygen atoms in total. The zero-order chi connectivity index (χ0) is 39.0. The minimum Gasteiger partial charge on any atom is -0.383 e. The number of carbonyl (C=O) groups excluding carboxylic acids is 4. The van der Waals surface area contributed by atoms with Gasteiger partial charge in [-0.3, -0.25) is 19.2 Å². The third kappa shape index (κ3) is 9.71. The zero-order valence-corrected chi connectivity index (χ0v) is 33.0. The SMILES string of the molecule is CC1CCCN(C(=O)C(=O)Nc2cnc(N)c3cnn(COCC[Si](C)(C)C)c23)C1c1ccccc1.CC1CCCN(C(=O)C(N)=O)C1c1ccccc1. The van der Waals surface area contributed by atoms with Gasteiger partial charge in [-0.2, -0.15) is 5.10 Å². The van der Waals surface area contributed by atoms with Crippen LogP contribution in [-0.4, -0.2) is 76.0 Å². The van der Waals surface area contributed by atoms with Gasteiger partial charge in [0, 0.05) is 27.8 Å². The van der Waals surface area contributed by atoms with Gasteiger partial charge in [0.25, 0.3) is 0 Å². The predicted octanol–water partition coefficient (Wildman–Crippen LogP) is 5.74. The van der Waals surface area contributed by atoms with E-state index in [9.17, 15) is 19.2 Å². The van der Waals surface area contributed by atoms with E-state index in [1.54, 1.807) is 20.7 Å². The Morgan fingerprint density at radius 3 is 1.89 bits per heavy atom. The topological polar surface area (TPSA) is 179 Å². The van der Waals surface area contributed by atoms with Crippen molar-refractivity contribution in [2.45, 2.75) is 84.0 Å². The fraction of sp³-hybridized carbons (Fsp3) is 0.450. The summed E-state index contributed by atoms with van der Waals surface area (Å²) in [5.74, 6) is -1.82. The number of piperidine rings is 2. The summed E-state index contributed by atoms with van der Waals surface area (Å²) in [4.78, 5) is 57.1. The fourth-order valence-electron chi connectivity index (χ4n) is 7.44. The molecule has 4 atom stereocenters. The number of primary amides is 1. The largest absolute Gasteiger partial charge is 0.383 e. The Morgan fingerprint density at radius 1 is 0.833 bits per heavy atom. The van der Waals surface area contributed by atoms with Crippen LogP contribution in [-0.2, 0) is 30.6 Å². The van der Waals surface area contributed by atoms with E-state index in [-0.39, 0.29) is 24.7 Å². The first-order valence-corrected chi connectivity index (χ1v) is 22.5. The van der Waals surface area contributed by atoms with Crippen LogP contribution in [0.2, 0.25) is 25.7 Å². The molecule has 2 fully saturated rings. The van der Waals surface area contributed by atoms with Gasteiger partial charge in [0.2, 0.25) is 0 Å². The second-order valence-electron chi connectivity index (χ2n) is 15.6. The van der Waals surface area contributed by atoms with Gasteiger partial charge in [-0.05, 0) is 54.7 Å². The lowest BCUT2D eigenvalue weighted by atomic mass is 9.86. The second kappa shape index (κ2) is 17.8. The van der Waals surface area contributed by atoms with Gasteiger partial charge in [0.05, 0.1) is 41.1 Å². The summed E-state index contributed by atoms with van der Waals surface area (Å²) in [7, 11) is -1.22. The molecule has 2 aromatic heterocycles. The first-order chi connectivity index (χ1) is 25.8.